The molecule has 0 bridgehead atoms. The number of nitrogens with one attached hydrogen (secondary N) is 1. The van der Waals surface area contributed by atoms with Crippen LogP contribution in [-0.2, 0) is 26.2 Å². The van der Waals surface area contributed by atoms with Crippen molar-refractivity contribution >= 4 is 0 Å². The molecule has 1 saturated heterocycles. The summed E-state index contributed by atoms with van der Waals surface area (Å²) in [6.45, 7) is 10.7. The number of nitrogens with zero attached hydrogens (tertiary/aromatic N) is 5. The van der Waals surface area contributed by atoms with Gasteiger partial charge in [-0.05, 0) is 69.1 Å². The van der Waals surface area contributed by atoms with Gasteiger partial charge in [0, 0.05) is 45.1 Å². The van der Waals surface area contributed by atoms with E-state index in [0.29, 0.717) is 0 Å². The Morgan fingerprint density at radius 1 is 1.30 bits per heavy atom. The topological polar surface area (TPSA) is 49.2 Å². The van der Waals surface area contributed by atoms with Gasteiger partial charge < -0.3 is 5.32 Å². The van der Waals surface area contributed by atoms with Crippen molar-refractivity contribution in [2.45, 2.75) is 45.9 Å². The monoisotopic (exact) mass is 368 g/mol. The van der Waals surface area contributed by atoms with Crippen LogP contribution in [0.1, 0.15) is 35.4 Å². The van der Waals surface area contributed by atoms with Crippen LogP contribution in [0.2, 0.25) is 0 Å². The highest BCUT2D eigenvalue weighted by Crippen LogP contribution is 2.19. The molecule has 0 aromatic carbocycles. The lowest BCUT2D eigenvalue weighted by Crippen LogP contribution is -2.41. The average molecular weight is 369 g/mol. The molecule has 0 amide bonds. The lowest BCUT2D eigenvalue weighted by molar-refractivity contribution is 0.168. The van der Waals surface area contributed by atoms with Crippen LogP contribution in [0.4, 0.5) is 0 Å². The first-order valence-corrected chi connectivity index (χ1v) is 10.2. The number of aryl methyl sites for hydroxylation is 1. The molecule has 1 N–H and O–H groups in total. The van der Waals surface area contributed by atoms with Gasteiger partial charge >= 0.3 is 0 Å². The Bertz CT molecular complexity index is 749. The van der Waals surface area contributed by atoms with Gasteiger partial charge in [0.15, 0.2) is 0 Å². The van der Waals surface area contributed by atoms with Crippen molar-refractivity contribution in [2.75, 3.05) is 33.2 Å². The Balaban J connectivity index is 1.33. The predicted molar refractivity (Wildman–Crippen MR) is 107 cm³/mol. The zero-order valence-electron chi connectivity index (χ0n) is 16.7. The number of piperidine rings is 1. The van der Waals surface area contributed by atoms with Crippen LogP contribution in [0.5, 0.6) is 0 Å². The normalized spacial score (nSPS) is 20.8. The Hall–Kier alpha value is -1.76. The molecule has 0 aliphatic carbocycles. The minimum Gasteiger partial charge on any atom is -0.316 e. The first kappa shape index (κ1) is 18.6. The van der Waals surface area contributed by atoms with Crippen molar-refractivity contribution in [3.63, 3.8) is 0 Å². The summed E-state index contributed by atoms with van der Waals surface area (Å²) in [7, 11) is 2.17. The van der Waals surface area contributed by atoms with Crippen molar-refractivity contribution in [2.24, 2.45) is 5.92 Å². The van der Waals surface area contributed by atoms with Gasteiger partial charge in [0.25, 0.3) is 0 Å². The Morgan fingerprint density at radius 2 is 2.22 bits per heavy atom. The molecule has 4 heterocycles. The van der Waals surface area contributed by atoms with E-state index >= 15 is 0 Å². The summed E-state index contributed by atoms with van der Waals surface area (Å²) in [5.74, 6) is 0.808. The molecule has 6 nitrogen and oxygen atoms in total. The molecule has 4 rings (SSSR count). The summed E-state index contributed by atoms with van der Waals surface area (Å²) < 4.78 is 2.22. The number of hydrogen-bond acceptors (Lipinski definition) is 5. The Kier molecular flexibility index (Phi) is 5.86. The fourth-order valence-corrected chi connectivity index (χ4v) is 4.36. The van der Waals surface area contributed by atoms with Crippen LogP contribution in [-0.4, -0.2) is 57.8 Å². The minimum absolute atomic E-state index is 0.808. The van der Waals surface area contributed by atoms with E-state index in [0.717, 1.165) is 38.6 Å². The van der Waals surface area contributed by atoms with Crippen molar-refractivity contribution in [3.8, 4) is 0 Å². The molecule has 6 heteroatoms. The van der Waals surface area contributed by atoms with Crippen molar-refractivity contribution in [1.29, 1.82) is 0 Å². The molecule has 1 atom stereocenters. The zero-order valence-corrected chi connectivity index (χ0v) is 16.7. The molecule has 0 spiro atoms. The Labute approximate surface area is 162 Å². The fraction of sp³-hybridized carbons (Fsp3) is 0.619. The number of hydrogen-bond donors (Lipinski definition) is 1. The summed E-state index contributed by atoms with van der Waals surface area (Å²) in [5.41, 5.74) is 5.14. The van der Waals surface area contributed by atoms with E-state index in [1.54, 1.807) is 0 Å². The van der Waals surface area contributed by atoms with Crippen LogP contribution in [0.15, 0.2) is 24.5 Å². The second kappa shape index (κ2) is 8.50. The summed E-state index contributed by atoms with van der Waals surface area (Å²) in [4.78, 5) is 9.14. The molecule has 1 fully saturated rings. The summed E-state index contributed by atoms with van der Waals surface area (Å²) in [6.07, 6.45) is 6.51. The van der Waals surface area contributed by atoms with E-state index in [1.807, 2.05) is 12.4 Å². The third kappa shape index (κ3) is 4.75. The molecule has 2 aliphatic rings. The molecule has 0 radical (unpaired) electrons. The third-order valence-electron chi connectivity index (χ3n) is 5.85. The molecule has 27 heavy (non-hydrogen) atoms. The van der Waals surface area contributed by atoms with Crippen LogP contribution < -0.4 is 5.32 Å². The van der Waals surface area contributed by atoms with Crippen LogP contribution in [0, 0.1) is 12.8 Å². The predicted octanol–water partition coefficient (Wildman–Crippen LogP) is 2.03. The largest absolute Gasteiger partial charge is 0.316 e. The summed E-state index contributed by atoms with van der Waals surface area (Å²) >= 11 is 0. The quantitative estimate of drug-likeness (QED) is 0.846. The maximum absolute atomic E-state index is 4.86. The standard InChI is InChI=1S/C21H32N6/c1-17-11-23-7-5-19(17)14-25(2)15-20-10-21-16-26(8-9-27(21)24-20)13-18-4-3-6-22-12-18/h5,7,10-11,18,22H,3-4,6,8-9,12-16H2,1-2H3/t18-/m0/s1. The lowest BCUT2D eigenvalue weighted by Gasteiger charge is -2.32. The average Bonchev–Trinajstić information content (AvgIpc) is 3.06. The molecular weight excluding hydrogens is 336 g/mol. The van der Waals surface area contributed by atoms with Gasteiger partial charge in [-0.15, -0.1) is 0 Å². The van der Waals surface area contributed by atoms with E-state index in [1.165, 1.54) is 55.0 Å². The van der Waals surface area contributed by atoms with Crippen LogP contribution in [0.25, 0.3) is 0 Å². The summed E-state index contributed by atoms with van der Waals surface area (Å²) in [6, 6.07) is 4.42. The molecule has 146 valence electrons. The van der Waals surface area contributed by atoms with Crippen LogP contribution in [0.3, 0.4) is 0 Å². The maximum atomic E-state index is 4.86. The Morgan fingerprint density at radius 3 is 3.04 bits per heavy atom. The molecular formula is C21H32N6. The van der Waals surface area contributed by atoms with E-state index in [4.69, 9.17) is 5.10 Å². The van der Waals surface area contributed by atoms with Crippen molar-refractivity contribution < 1.29 is 0 Å². The second-order valence-corrected chi connectivity index (χ2v) is 8.27. The number of fused-ring (bicyclic) bond motifs is 1. The molecule has 2 aromatic rings. The van der Waals surface area contributed by atoms with Gasteiger partial charge in [-0.1, -0.05) is 0 Å². The molecule has 2 aromatic heterocycles. The van der Waals surface area contributed by atoms with Crippen molar-refractivity contribution in [3.05, 3.63) is 47.0 Å². The highest BCUT2D eigenvalue weighted by Gasteiger charge is 2.22. The first-order valence-electron chi connectivity index (χ1n) is 10.2. The highest BCUT2D eigenvalue weighted by atomic mass is 15.3. The highest BCUT2D eigenvalue weighted by molar-refractivity contribution is 5.21. The number of aromatic nitrogens is 3. The molecule has 2 aliphatic heterocycles. The van der Waals surface area contributed by atoms with Gasteiger partial charge in [0.2, 0.25) is 0 Å². The SMILES string of the molecule is Cc1cnccc1CN(C)Cc1cc2n(n1)CCN(C[C@H]1CCCNC1)C2. The fourth-order valence-electron chi connectivity index (χ4n) is 4.36. The zero-order chi connectivity index (χ0) is 18.6. The third-order valence-corrected chi connectivity index (χ3v) is 5.85. The van der Waals surface area contributed by atoms with E-state index < -0.39 is 0 Å². The number of pyridine rings is 1. The van der Waals surface area contributed by atoms with Gasteiger partial charge in [-0.2, -0.15) is 5.10 Å². The summed E-state index contributed by atoms with van der Waals surface area (Å²) in [5, 5.41) is 8.40. The molecule has 0 saturated carbocycles. The van der Waals surface area contributed by atoms with Gasteiger partial charge in [-0.3, -0.25) is 19.5 Å². The second-order valence-electron chi connectivity index (χ2n) is 8.27. The van der Waals surface area contributed by atoms with Gasteiger partial charge in [0.1, 0.15) is 0 Å². The maximum Gasteiger partial charge on any atom is 0.0768 e. The number of rotatable bonds is 6. The molecule has 0 unspecified atom stereocenters. The van der Waals surface area contributed by atoms with Gasteiger partial charge in [0.05, 0.1) is 17.9 Å². The first-order chi connectivity index (χ1) is 13.2. The van der Waals surface area contributed by atoms with Gasteiger partial charge in [-0.25, -0.2) is 0 Å². The minimum atomic E-state index is 0.808. The van der Waals surface area contributed by atoms with Crippen LogP contribution >= 0.6 is 0 Å². The smallest absolute Gasteiger partial charge is 0.0768 e. The van der Waals surface area contributed by atoms with E-state index in [2.05, 4.69) is 50.9 Å². The lowest BCUT2D eigenvalue weighted by atomic mass is 9.99. The van der Waals surface area contributed by atoms with E-state index in [-0.39, 0.29) is 0 Å². The van der Waals surface area contributed by atoms with E-state index in [9.17, 15) is 0 Å². The van der Waals surface area contributed by atoms with Crippen molar-refractivity contribution in [1.82, 2.24) is 29.9 Å².